The summed E-state index contributed by atoms with van der Waals surface area (Å²) in [5, 5.41) is 15.6. The van der Waals surface area contributed by atoms with Crippen molar-refractivity contribution in [1.29, 1.82) is 0 Å². The Labute approximate surface area is 113 Å². The van der Waals surface area contributed by atoms with Crippen LogP contribution in [0.2, 0.25) is 0 Å². The molecule has 6 nitrogen and oxygen atoms in total. The lowest BCUT2D eigenvalue weighted by Crippen LogP contribution is -2.31. The van der Waals surface area contributed by atoms with Gasteiger partial charge in [0.25, 0.3) is 0 Å². The minimum atomic E-state index is -0.176. The molecule has 0 saturated heterocycles. The first-order valence-corrected chi connectivity index (χ1v) is 6.37. The molecule has 1 aromatic carbocycles. The molecule has 0 unspecified atom stereocenters. The molecular formula is C13H11FN6. The Bertz CT molecular complexity index is 783. The molecule has 4 rings (SSSR count). The van der Waals surface area contributed by atoms with Crippen molar-refractivity contribution in [1.82, 2.24) is 25.3 Å². The van der Waals surface area contributed by atoms with Crippen molar-refractivity contribution in [2.45, 2.75) is 13.0 Å². The highest BCUT2D eigenvalue weighted by Gasteiger charge is 2.18. The number of aromatic nitrogens is 5. The summed E-state index contributed by atoms with van der Waals surface area (Å²) in [7, 11) is 0. The van der Waals surface area contributed by atoms with Crippen LogP contribution in [0.3, 0.4) is 0 Å². The van der Waals surface area contributed by atoms with Crippen LogP contribution >= 0.6 is 0 Å². The summed E-state index contributed by atoms with van der Waals surface area (Å²) in [5.41, 5.74) is 2.83. The van der Waals surface area contributed by atoms with E-state index >= 15 is 0 Å². The fourth-order valence-corrected chi connectivity index (χ4v) is 2.53. The quantitative estimate of drug-likeness (QED) is 0.665. The van der Waals surface area contributed by atoms with E-state index in [1.807, 2.05) is 18.2 Å². The van der Waals surface area contributed by atoms with Gasteiger partial charge in [-0.15, -0.1) is 14.8 Å². The Kier molecular flexibility index (Phi) is 2.38. The Morgan fingerprint density at radius 1 is 1.10 bits per heavy atom. The molecule has 1 aliphatic heterocycles. The average molecular weight is 270 g/mol. The number of hydrogen-bond donors (Lipinski definition) is 0. The maximum Gasteiger partial charge on any atom is 0.200 e. The fourth-order valence-electron chi connectivity index (χ4n) is 2.53. The second-order valence-corrected chi connectivity index (χ2v) is 4.80. The summed E-state index contributed by atoms with van der Waals surface area (Å²) >= 11 is 0. The van der Waals surface area contributed by atoms with Gasteiger partial charge in [0.05, 0.1) is 0 Å². The SMILES string of the molecule is Fc1ccc2c(c1)CCN(c1ccc3nnnn3n1)C2. The summed E-state index contributed by atoms with van der Waals surface area (Å²) in [5.74, 6) is 0.644. The standard InChI is InChI=1S/C13H11FN6/c14-11-2-1-10-8-19(6-5-9(10)7-11)13-4-3-12-15-17-18-20(12)16-13/h1-4,7H,5-6,8H2. The van der Waals surface area contributed by atoms with E-state index in [4.69, 9.17) is 0 Å². The van der Waals surface area contributed by atoms with Gasteiger partial charge in [-0.2, -0.15) is 0 Å². The lowest BCUT2D eigenvalue weighted by Gasteiger charge is -2.29. The monoisotopic (exact) mass is 270 g/mol. The van der Waals surface area contributed by atoms with E-state index in [1.165, 1.54) is 10.7 Å². The maximum absolute atomic E-state index is 13.2. The third-order valence-electron chi connectivity index (χ3n) is 3.56. The van der Waals surface area contributed by atoms with E-state index < -0.39 is 0 Å². The second kappa shape index (κ2) is 4.22. The van der Waals surface area contributed by atoms with Crippen molar-refractivity contribution in [2.75, 3.05) is 11.4 Å². The molecule has 3 aromatic rings. The van der Waals surface area contributed by atoms with E-state index in [0.717, 1.165) is 36.5 Å². The van der Waals surface area contributed by atoms with Crippen molar-refractivity contribution in [2.24, 2.45) is 0 Å². The molecule has 1 aliphatic rings. The van der Waals surface area contributed by atoms with Crippen molar-refractivity contribution >= 4 is 11.5 Å². The zero-order valence-corrected chi connectivity index (χ0v) is 10.6. The summed E-state index contributed by atoms with van der Waals surface area (Å²) < 4.78 is 14.6. The maximum atomic E-state index is 13.2. The molecular weight excluding hydrogens is 259 g/mol. The van der Waals surface area contributed by atoms with Crippen LogP contribution in [0.25, 0.3) is 5.65 Å². The Morgan fingerprint density at radius 3 is 3.00 bits per heavy atom. The molecule has 0 radical (unpaired) electrons. The van der Waals surface area contributed by atoms with Crippen molar-refractivity contribution in [3.8, 4) is 0 Å². The van der Waals surface area contributed by atoms with Crippen LogP contribution in [0.4, 0.5) is 10.2 Å². The van der Waals surface area contributed by atoms with Gasteiger partial charge in [0.1, 0.15) is 5.82 Å². The highest BCUT2D eigenvalue weighted by atomic mass is 19.1. The zero-order chi connectivity index (χ0) is 13.5. The Morgan fingerprint density at radius 2 is 2.05 bits per heavy atom. The molecule has 0 amide bonds. The summed E-state index contributed by atoms with van der Waals surface area (Å²) in [6, 6.07) is 8.69. The predicted molar refractivity (Wildman–Crippen MR) is 69.7 cm³/mol. The van der Waals surface area contributed by atoms with Gasteiger partial charge in [0, 0.05) is 13.1 Å². The van der Waals surface area contributed by atoms with E-state index in [-0.39, 0.29) is 5.82 Å². The molecule has 0 N–H and O–H groups in total. The van der Waals surface area contributed by atoms with Gasteiger partial charge in [-0.1, -0.05) is 6.07 Å². The van der Waals surface area contributed by atoms with E-state index in [2.05, 4.69) is 25.5 Å². The summed E-state index contributed by atoms with van der Waals surface area (Å²) in [6.45, 7) is 1.52. The number of rotatable bonds is 1. The number of fused-ring (bicyclic) bond motifs is 2. The predicted octanol–water partition coefficient (Wildman–Crippen LogP) is 1.22. The van der Waals surface area contributed by atoms with Gasteiger partial charge in [-0.3, -0.25) is 0 Å². The highest BCUT2D eigenvalue weighted by Crippen LogP contribution is 2.23. The minimum Gasteiger partial charge on any atom is -0.350 e. The van der Waals surface area contributed by atoms with Gasteiger partial charge in [0.2, 0.25) is 0 Å². The number of tetrazole rings is 1. The highest BCUT2D eigenvalue weighted by molar-refractivity contribution is 5.47. The molecule has 7 heteroatoms. The molecule has 0 bridgehead atoms. The number of hydrogen-bond acceptors (Lipinski definition) is 5. The van der Waals surface area contributed by atoms with Gasteiger partial charge in [-0.05, 0) is 52.2 Å². The lowest BCUT2D eigenvalue weighted by atomic mass is 10.00. The molecule has 3 heterocycles. The number of benzene rings is 1. The van der Waals surface area contributed by atoms with Gasteiger partial charge < -0.3 is 4.90 Å². The van der Waals surface area contributed by atoms with Crippen LogP contribution in [0.15, 0.2) is 30.3 Å². The number of anilines is 1. The first-order valence-electron chi connectivity index (χ1n) is 6.37. The van der Waals surface area contributed by atoms with Gasteiger partial charge in [-0.25, -0.2) is 4.39 Å². The molecule has 0 atom stereocenters. The number of halogens is 1. The fraction of sp³-hybridized carbons (Fsp3) is 0.231. The Hall–Kier alpha value is -2.57. The largest absolute Gasteiger partial charge is 0.350 e. The topological polar surface area (TPSA) is 59.2 Å². The van der Waals surface area contributed by atoms with Crippen LogP contribution in [-0.4, -0.2) is 31.8 Å². The summed E-state index contributed by atoms with van der Waals surface area (Å²) in [4.78, 5) is 2.14. The first-order chi connectivity index (χ1) is 9.79. The Balaban J connectivity index is 1.68. The van der Waals surface area contributed by atoms with E-state index in [0.29, 0.717) is 5.65 Å². The van der Waals surface area contributed by atoms with Crippen molar-refractivity contribution in [3.63, 3.8) is 0 Å². The molecule has 100 valence electrons. The van der Waals surface area contributed by atoms with Gasteiger partial charge in [0.15, 0.2) is 11.5 Å². The van der Waals surface area contributed by atoms with E-state index in [9.17, 15) is 4.39 Å². The number of nitrogens with zero attached hydrogens (tertiary/aromatic N) is 6. The smallest absolute Gasteiger partial charge is 0.200 e. The molecule has 20 heavy (non-hydrogen) atoms. The van der Waals surface area contributed by atoms with Crippen LogP contribution in [0.5, 0.6) is 0 Å². The third kappa shape index (κ3) is 1.78. The molecule has 0 aliphatic carbocycles. The van der Waals surface area contributed by atoms with E-state index in [1.54, 1.807) is 6.07 Å². The molecule has 0 spiro atoms. The minimum absolute atomic E-state index is 0.176. The molecule has 0 fully saturated rings. The van der Waals surface area contributed by atoms with Crippen molar-refractivity contribution < 1.29 is 4.39 Å². The van der Waals surface area contributed by atoms with Gasteiger partial charge >= 0.3 is 0 Å². The van der Waals surface area contributed by atoms with Crippen molar-refractivity contribution in [3.05, 3.63) is 47.3 Å². The normalized spacial score (nSPS) is 14.6. The van der Waals surface area contributed by atoms with Crippen LogP contribution in [-0.2, 0) is 13.0 Å². The second-order valence-electron chi connectivity index (χ2n) is 4.80. The lowest BCUT2D eigenvalue weighted by molar-refractivity contribution is 0.617. The first kappa shape index (κ1) is 11.3. The average Bonchev–Trinajstić information content (AvgIpc) is 2.94. The molecule has 2 aromatic heterocycles. The molecule has 0 saturated carbocycles. The van der Waals surface area contributed by atoms with Crippen LogP contribution < -0.4 is 4.90 Å². The third-order valence-corrected chi connectivity index (χ3v) is 3.56. The van der Waals surface area contributed by atoms with Crippen LogP contribution in [0.1, 0.15) is 11.1 Å². The van der Waals surface area contributed by atoms with Crippen LogP contribution in [0, 0.1) is 5.82 Å². The summed E-state index contributed by atoms with van der Waals surface area (Å²) in [6.07, 6.45) is 0.808. The zero-order valence-electron chi connectivity index (χ0n) is 10.6.